The second kappa shape index (κ2) is 12.6. The highest BCUT2D eigenvalue weighted by molar-refractivity contribution is 8.26. The lowest BCUT2D eigenvalue weighted by Crippen LogP contribution is -2.33. The maximum Gasteiger partial charge on any atom is 0.266 e. The zero-order valence-corrected chi connectivity index (χ0v) is 22.4. The SMILES string of the molecule is COc1ccc(C=C2SC(=S)N(CCCC(=O)N(Cc3ccccc3)c3ccccc3)C2=O)cc1OC. The van der Waals surface area contributed by atoms with Gasteiger partial charge in [-0.1, -0.05) is 78.6 Å². The lowest BCUT2D eigenvalue weighted by atomic mass is 10.1. The average molecular weight is 533 g/mol. The smallest absolute Gasteiger partial charge is 0.266 e. The maximum absolute atomic E-state index is 13.3. The first-order chi connectivity index (χ1) is 18.0. The standard InChI is InChI=1S/C29H28N2O4S2/c1-34-24-16-15-22(18-25(24)35-2)19-26-28(33)30(29(36)37-26)17-9-14-27(32)31(23-12-7-4-8-13-23)20-21-10-5-3-6-11-21/h3-8,10-13,15-16,18-19H,9,14,17,20H2,1-2H3. The van der Waals surface area contributed by atoms with Crippen molar-refractivity contribution in [2.24, 2.45) is 0 Å². The van der Waals surface area contributed by atoms with Crippen LogP contribution in [0.1, 0.15) is 24.0 Å². The molecular weight excluding hydrogens is 504 g/mol. The number of thiocarbonyl (C=S) groups is 1. The Kier molecular flexibility index (Phi) is 8.98. The van der Waals surface area contributed by atoms with Crippen molar-refractivity contribution in [3.05, 3.63) is 94.9 Å². The highest BCUT2D eigenvalue weighted by atomic mass is 32.2. The van der Waals surface area contributed by atoms with Gasteiger partial charge in [-0.05, 0) is 47.9 Å². The van der Waals surface area contributed by atoms with E-state index in [4.69, 9.17) is 21.7 Å². The number of nitrogens with zero attached hydrogens (tertiary/aromatic N) is 2. The van der Waals surface area contributed by atoms with Gasteiger partial charge in [-0.25, -0.2) is 0 Å². The molecule has 1 saturated heterocycles. The lowest BCUT2D eigenvalue weighted by molar-refractivity contribution is -0.123. The van der Waals surface area contributed by atoms with Crippen LogP contribution >= 0.6 is 24.0 Å². The zero-order chi connectivity index (χ0) is 26.2. The zero-order valence-electron chi connectivity index (χ0n) is 20.8. The second-order valence-corrected chi connectivity index (χ2v) is 10.0. The van der Waals surface area contributed by atoms with Crippen molar-refractivity contribution in [1.29, 1.82) is 0 Å². The number of carbonyl (C=O) groups excluding carboxylic acids is 2. The van der Waals surface area contributed by atoms with E-state index in [0.29, 0.717) is 46.7 Å². The van der Waals surface area contributed by atoms with Crippen molar-refractivity contribution < 1.29 is 19.1 Å². The summed E-state index contributed by atoms with van der Waals surface area (Å²) in [6.07, 6.45) is 2.60. The molecule has 190 valence electrons. The monoisotopic (exact) mass is 532 g/mol. The number of amides is 2. The van der Waals surface area contributed by atoms with Crippen LogP contribution in [-0.4, -0.2) is 41.8 Å². The lowest BCUT2D eigenvalue weighted by Gasteiger charge is -2.24. The van der Waals surface area contributed by atoms with Gasteiger partial charge < -0.3 is 14.4 Å². The molecule has 1 aliphatic rings. The molecule has 0 N–H and O–H groups in total. The van der Waals surface area contributed by atoms with E-state index in [-0.39, 0.29) is 11.8 Å². The van der Waals surface area contributed by atoms with Gasteiger partial charge in [-0.15, -0.1) is 0 Å². The molecule has 0 aliphatic carbocycles. The van der Waals surface area contributed by atoms with Crippen LogP contribution in [0, 0.1) is 0 Å². The van der Waals surface area contributed by atoms with Gasteiger partial charge in [0, 0.05) is 18.7 Å². The number of anilines is 1. The van der Waals surface area contributed by atoms with Crippen LogP contribution in [0.25, 0.3) is 6.08 Å². The molecule has 1 aliphatic heterocycles. The molecular formula is C29H28N2O4S2. The number of hydrogen-bond acceptors (Lipinski definition) is 6. The fraction of sp³-hybridized carbons (Fsp3) is 0.207. The number of thioether (sulfide) groups is 1. The van der Waals surface area contributed by atoms with E-state index in [1.54, 1.807) is 36.2 Å². The number of hydrogen-bond donors (Lipinski definition) is 0. The Balaban J connectivity index is 1.40. The van der Waals surface area contributed by atoms with E-state index in [0.717, 1.165) is 16.8 Å². The maximum atomic E-state index is 13.3. The van der Waals surface area contributed by atoms with Crippen molar-refractivity contribution in [3.63, 3.8) is 0 Å². The van der Waals surface area contributed by atoms with Crippen molar-refractivity contribution in [2.75, 3.05) is 25.7 Å². The molecule has 1 fully saturated rings. The van der Waals surface area contributed by atoms with Crippen molar-refractivity contribution in [3.8, 4) is 11.5 Å². The van der Waals surface area contributed by atoms with Crippen LogP contribution in [0.3, 0.4) is 0 Å². The van der Waals surface area contributed by atoms with Gasteiger partial charge in [0.25, 0.3) is 5.91 Å². The Morgan fingerprint density at radius 2 is 1.65 bits per heavy atom. The summed E-state index contributed by atoms with van der Waals surface area (Å²) in [5.41, 5.74) is 2.71. The third-order valence-corrected chi connectivity index (χ3v) is 7.28. The fourth-order valence-corrected chi connectivity index (χ4v) is 5.32. The molecule has 0 bridgehead atoms. The minimum Gasteiger partial charge on any atom is -0.493 e. The molecule has 0 saturated carbocycles. The van der Waals surface area contributed by atoms with Crippen LogP contribution in [0.5, 0.6) is 11.5 Å². The largest absolute Gasteiger partial charge is 0.493 e. The molecule has 0 atom stereocenters. The molecule has 8 heteroatoms. The predicted molar refractivity (Wildman–Crippen MR) is 153 cm³/mol. The molecule has 37 heavy (non-hydrogen) atoms. The summed E-state index contributed by atoms with van der Waals surface area (Å²) in [6, 6.07) is 25.0. The van der Waals surface area contributed by atoms with Crippen LogP contribution in [0.4, 0.5) is 5.69 Å². The molecule has 2 amide bonds. The number of benzene rings is 3. The number of ether oxygens (including phenoxy) is 2. The molecule has 3 aromatic rings. The van der Waals surface area contributed by atoms with Crippen molar-refractivity contribution >= 4 is 51.9 Å². The van der Waals surface area contributed by atoms with Gasteiger partial charge in [0.05, 0.1) is 25.7 Å². The Bertz CT molecular complexity index is 1300. The summed E-state index contributed by atoms with van der Waals surface area (Å²) in [6.45, 7) is 0.868. The van der Waals surface area contributed by atoms with E-state index in [9.17, 15) is 9.59 Å². The van der Waals surface area contributed by atoms with Crippen LogP contribution in [0.15, 0.2) is 83.8 Å². The highest BCUT2D eigenvalue weighted by Gasteiger charge is 2.32. The third-order valence-electron chi connectivity index (χ3n) is 5.90. The molecule has 0 spiro atoms. The first kappa shape index (κ1) is 26.4. The molecule has 4 rings (SSSR count). The van der Waals surface area contributed by atoms with Crippen molar-refractivity contribution in [2.45, 2.75) is 19.4 Å². The summed E-state index contributed by atoms with van der Waals surface area (Å²) in [7, 11) is 3.15. The Morgan fingerprint density at radius 1 is 0.973 bits per heavy atom. The van der Waals surface area contributed by atoms with E-state index in [1.165, 1.54) is 11.8 Å². The quantitative estimate of drug-likeness (QED) is 0.239. The highest BCUT2D eigenvalue weighted by Crippen LogP contribution is 2.35. The van der Waals surface area contributed by atoms with Gasteiger partial charge in [-0.3, -0.25) is 14.5 Å². The molecule has 1 heterocycles. The molecule has 0 radical (unpaired) electrons. The van der Waals surface area contributed by atoms with Crippen LogP contribution in [-0.2, 0) is 16.1 Å². The third kappa shape index (κ3) is 6.58. The summed E-state index contributed by atoms with van der Waals surface area (Å²) >= 11 is 6.75. The average Bonchev–Trinajstić information content (AvgIpc) is 3.19. The molecule has 0 aromatic heterocycles. The van der Waals surface area contributed by atoms with Gasteiger partial charge in [0.2, 0.25) is 5.91 Å². The normalized spacial score (nSPS) is 14.2. The molecule has 0 unspecified atom stereocenters. The Hall–Kier alpha value is -3.62. The Labute approximate surface area is 226 Å². The van der Waals surface area contributed by atoms with Gasteiger partial charge in [0.1, 0.15) is 4.32 Å². The van der Waals surface area contributed by atoms with Gasteiger partial charge in [-0.2, -0.15) is 0 Å². The van der Waals surface area contributed by atoms with Gasteiger partial charge >= 0.3 is 0 Å². The number of carbonyl (C=O) groups is 2. The topological polar surface area (TPSA) is 59.1 Å². The van der Waals surface area contributed by atoms with E-state index >= 15 is 0 Å². The fourth-order valence-electron chi connectivity index (χ4n) is 4.01. The van der Waals surface area contributed by atoms with Gasteiger partial charge in [0.15, 0.2) is 11.5 Å². The van der Waals surface area contributed by atoms with E-state index < -0.39 is 0 Å². The number of rotatable bonds is 10. The number of methoxy groups -OCH3 is 2. The van der Waals surface area contributed by atoms with E-state index in [1.807, 2.05) is 72.8 Å². The summed E-state index contributed by atoms with van der Waals surface area (Å²) in [4.78, 5) is 30.2. The minimum absolute atomic E-state index is 0.00126. The molecule has 6 nitrogen and oxygen atoms in total. The van der Waals surface area contributed by atoms with Crippen LogP contribution in [0.2, 0.25) is 0 Å². The Morgan fingerprint density at radius 3 is 2.32 bits per heavy atom. The summed E-state index contributed by atoms with van der Waals surface area (Å²) in [5, 5.41) is 0. The predicted octanol–water partition coefficient (Wildman–Crippen LogP) is 5.92. The van der Waals surface area contributed by atoms with Crippen molar-refractivity contribution in [1.82, 2.24) is 4.90 Å². The second-order valence-electron chi connectivity index (χ2n) is 8.35. The first-order valence-electron chi connectivity index (χ1n) is 11.9. The van der Waals surface area contributed by atoms with Crippen LogP contribution < -0.4 is 14.4 Å². The molecule has 3 aromatic carbocycles. The number of para-hydroxylation sites is 1. The minimum atomic E-state index is -0.151. The summed E-state index contributed by atoms with van der Waals surface area (Å²) < 4.78 is 11.1. The summed E-state index contributed by atoms with van der Waals surface area (Å²) in [5.74, 6) is 1.06. The first-order valence-corrected chi connectivity index (χ1v) is 13.1. The van der Waals surface area contributed by atoms with E-state index in [2.05, 4.69) is 0 Å².